The average molecular weight is 262 g/mol. The SMILES string of the molecule is CC(C)=O.CCCN=NC(C)(C)O.CCCNN. The van der Waals surface area contributed by atoms with Crippen LogP contribution in [-0.2, 0) is 4.79 Å². The molecule has 6 nitrogen and oxygen atoms in total. The number of nitrogens with two attached hydrogens (primary N) is 1. The summed E-state index contributed by atoms with van der Waals surface area (Å²) in [5.74, 6) is 5.06. The van der Waals surface area contributed by atoms with Crippen molar-refractivity contribution in [1.82, 2.24) is 5.43 Å². The lowest BCUT2D eigenvalue weighted by Crippen LogP contribution is -2.21. The van der Waals surface area contributed by atoms with Crippen molar-refractivity contribution in [3.05, 3.63) is 0 Å². The smallest absolute Gasteiger partial charge is 0.170 e. The maximum Gasteiger partial charge on any atom is 0.170 e. The Kier molecular flexibility index (Phi) is 20.0. The van der Waals surface area contributed by atoms with Gasteiger partial charge in [-0.05, 0) is 40.5 Å². The maximum atomic E-state index is 9.44. The highest BCUT2D eigenvalue weighted by Gasteiger charge is 2.07. The Morgan fingerprint density at radius 1 is 1.28 bits per heavy atom. The van der Waals surface area contributed by atoms with Gasteiger partial charge in [-0.2, -0.15) is 10.2 Å². The molecule has 0 aromatic carbocycles. The number of carbonyl (C=O) groups is 1. The number of nitrogens with one attached hydrogen (secondary N) is 1. The molecule has 0 heterocycles. The summed E-state index contributed by atoms with van der Waals surface area (Å²) in [6.07, 6.45) is 2.08. The fraction of sp³-hybridized carbons (Fsp3) is 0.917. The molecule has 0 spiro atoms. The highest BCUT2D eigenvalue weighted by Crippen LogP contribution is 2.02. The van der Waals surface area contributed by atoms with Gasteiger partial charge in [0.1, 0.15) is 5.78 Å². The third-order valence-electron chi connectivity index (χ3n) is 1.03. The topological polar surface area (TPSA) is 100 Å². The van der Waals surface area contributed by atoms with Crippen molar-refractivity contribution in [2.24, 2.45) is 16.1 Å². The summed E-state index contributed by atoms with van der Waals surface area (Å²) in [6, 6.07) is 0. The predicted octanol–water partition coefficient (Wildman–Crippen LogP) is 2.03. The molecule has 0 amide bonds. The number of nitrogens with zero attached hydrogens (tertiary/aromatic N) is 2. The van der Waals surface area contributed by atoms with E-state index >= 15 is 0 Å². The van der Waals surface area contributed by atoms with Gasteiger partial charge in [0, 0.05) is 6.54 Å². The van der Waals surface area contributed by atoms with Crippen molar-refractivity contribution >= 4 is 5.78 Å². The van der Waals surface area contributed by atoms with E-state index in [9.17, 15) is 4.79 Å². The molecule has 0 atom stereocenters. The molecule has 0 rings (SSSR count). The maximum absolute atomic E-state index is 9.44. The van der Waals surface area contributed by atoms with E-state index in [1.54, 1.807) is 13.8 Å². The largest absolute Gasteiger partial charge is 0.368 e. The lowest BCUT2D eigenvalue weighted by molar-refractivity contribution is -0.114. The third-order valence-corrected chi connectivity index (χ3v) is 1.03. The van der Waals surface area contributed by atoms with Crippen LogP contribution in [0.3, 0.4) is 0 Å². The molecule has 0 bridgehead atoms. The lowest BCUT2D eigenvalue weighted by Gasteiger charge is -2.06. The average Bonchev–Trinajstić information content (AvgIpc) is 2.17. The van der Waals surface area contributed by atoms with Crippen molar-refractivity contribution in [3.63, 3.8) is 0 Å². The van der Waals surface area contributed by atoms with Crippen LogP contribution in [0.1, 0.15) is 54.4 Å². The number of aliphatic hydroxyl groups is 1. The van der Waals surface area contributed by atoms with Crippen molar-refractivity contribution in [2.45, 2.75) is 60.1 Å². The Morgan fingerprint density at radius 2 is 1.72 bits per heavy atom. The van der Waals surface area contributed by atoms with E-state index in [2.05, 4.69) is 22.6 Å². The number of hydrogen-bond donors (Lipinski definition) is 3. The Balaban J connectivity index is -0.000000212. The molecule has 0 unspecified atom stereocenters. The minimum Gasteiger partial charge on any atom is -0.368 e. The van der Waals surface area contributed by atoms with E-state index < -0.39 is 5.72 Å². The standard InChI is InChI=1S/C6H14N2O.C3H10N2.C3H6O/c1-4-5-7-8-6(2,3)9;1-2-3-5-4;1-3(2)4/h9H,4-5H2,1-3H3;5H,2-4H2,1H3;1-2H3. The number of rotatable bonds is 5. The number of carbonyl (C=O) groups excluding carboxylic acids is 1. The molecule has 0 saturated carbocycles. The fourth-order valence-corrected chi connectivity index (χ4v) is 0.467. The van der Waals surface area contributed by atoms with E-state index in [4.69, 9.17) is 10.9 Å². The second-order valence-corrected chi connectivity index (χ2v) is 4.32. The van der Waals surface area contributed by atoms with Gasteiger partial charge in [-0.25, -0.2) is 0 Å². The summed E-state index contributed by atoms with van der Waals surface area (Å²) in [7, 11) is 0. The fourth-order valence-electron chi connectivity index (χ4n) is 0.467. The van der Waals surface area contributed by atoms with Gasteiger partial charge in [0.25, 0.3) is 0 Å². The molecular formula is C12H30N4O2. The van der Waals surface area contributed by atoms with Gasteiger partial charge in [-0.3, -0.25) is 11.3 Å². The van der Waals surface area contributed by atoms with Gasteiger partial charge in [-0.1, -0.05) is 13.8 Å². The van der Waals surface area contributed by atoms with Crippen LogP contribution in [0.25, 0.3) is 0 Å². The zero-order valence-electron chi connectivity index (χ0n) is 12.7. The number of ketones is 1. The van der Waals surface area contributed by atoms with Crippen LogP contribution in [0, 0.1) is 0 Å². The molecule has 4 N–H and O–H groups in total. The van der Waals surface area contributed by atoms with Crippen molar-refractivity contribution in [1.29, 1.82) is 0 Å². The van der Waals surface area contributed by atoms with Gasteiger partial charge < -0.3 is 9.90 Å². The Bertz CT molecular complexity index is 195. The van der Waals surface area contributed by atoms with E-state index in [0.717, 1.165) is 19.4 Å². The zero-order chi connectivity index (χ0) is 15.0. The van der Waals surface area contributed by atoms with Crippen LogP contribution < -0.4 is 11.3 Å². The highest BCUT2D eigenvalue weighted by molar-refractivity contribution is 5.72. The van der Waals surface area contributed by atoms with Crippen LogP contribution >= 0.6 is 0 Å². The van der Waals surface area contributed by atoms with Gasteiger partial charge >= 0.3 is 0 Å². The number of hydrazine groups is 1. The quantitative estimate of drug-likeness (QED) is 0.401. The van der Waals surface area contributed by atoms with Crippen LogP contribution in [0.4, 0.5) is 0 Å². The monoisotopic (exact) mass is 262 g/mol. The second kappa shape index (κ2) is 16.1. The highest BCUT2D eigenvalue weighted by atomic mass is 16.3. The second-order valence-electron chi connectivity index (χ2n) is 4.32. The summed E-state index contributed by atoms with van der Waals surface area (Å²) >= 11 is 0. The molecule has 18 heavy (non-hydrogen) atoms. The van der Waals surface area contributed by atoms with Crippen LogP contribution in [0.15, 0.2) is 10.2 Å². The summed E-state index contributed by atoms with van der Waals surface area (Å²) in [4.78, 5) is 9.44. The van der Waals surface area contributed by atoms with Crippen LogP contribution in [-0.4, -0.2) is 29.7 Å². The molecule has 0 saturated heterocycles. The molecule has 0 radical (unpaired) electrons. The van der Waals surface area contributed by atoms with Gasteiger partial charge in [-0.15, -0.1) is 0 Å². The minimum atomic E-state index is -0.991. The Hall–Kier alpha value is -0.850. The Morgan fingerprint density at radius 3 is 1.89 bits per heavy atom. The van der Waals surface area contributed by atoms with E-state index in [0.29, 0.717) is 6.54 Å². The number of azo groups is 1. The van der Waals surface area contributed by atoms with Crippen LogP contribution in [0.5, 0.6) is 0 Å². The molecule has 0 aliphatic heterocycles. The molecule has 0 aromatic heterocycles. The molecule has 0 aromatic rings. The first kappa shape index (κ1) is 22.3. The van der Waals surface area contributed by atoms with Gasteiger partial charge in [0.05, 0.1) is 6.54 Å². The number of Topliss-reactive ketones (excluding diaryl/α,β-unsaturated/α-hetero) is 1. The predicted molar refractivity (Wildman–Crippen MR) is 75.1 cm³/mol. The van der Waals surface area contributed by atoms with Crippen molar-refractivity contribution in [2.75, 3.05) is 13.1 Å². The van der Waals surface area contributed by atoms with Crippen molar-refractivity contribution in [3.8, 4) is 0 Å². The molecule has 0 fully saturated rings. The lowest BCUT2D eigenvalue weighted by atomic mass is 10.3. The van der Waals surface area contributed by atoms with Crippen LogP contribution in [0.2, 0.25) is 0 Å². The molecule has 0 aliphatic carbocycles. The van der Waals surface area contributed by atoms with Crippen molar-refractivity contribution < 1.29 is 9.90 Å². The summed E-state index contributed by atoms with van der Waals surface area (Å²) in [5, 5.41) is 16.3. The third kappa shape index (κ3) is 59.3. The minimum absolute atomic E-state index is 0.167. The first-order valence-electron chi connectivity index (χ1n) is 6.22. The van der Waals surface area contributed by atoms with E-state index in [1.165, 1.54) is 13.8 Å². The van der Waals surface area contributed by atoms with Gasteiger partial charge in [0.2, 0.25) is 0 Å². The number of hydrogen-bond acceptors (Lipinski definition) is 6. The Labute approximate surface area is 111 Å². The normalized spacial score (nSPS) is 10.2. The summed E-state index contributed by atoms with van der Waals surface area (Å²) < 4.78 is 0. The zero-order valence-corrected chi connectivity index (χ0v) is 12.7. The summed E-state index contributed by atoms with van der Waals surface area (Å²) in [6.45, 7) is 12.0. The molecule has 6 heteroatoms. The molecular weight excluding hydrogens is 232 g/mol. The summed E-state index contributed by atoms with van der Waals surface area (Å²) in [5.41, 5.74) is 1.53. The van der Waals surface area contributed by atoms with E-state index in [-0.39, 0.29) is 5.78 Å². The van der Waals surface area contributed by atoms with E-state index in [1.807, 2.05) is 6.92 Å². The molecule has 110 valence electrons. The first-order valence-corrected chi connectivity index (χ1v) is 6.22. The first-order chi connectivity index (χ1) is 8.21. The van der Waals surface area contributed by atoms with Gasteiger partial charge in [0.15, 0.2) is 5.72 Å². The molecule has 0 aliphatic rings.